The first-order chi connectivity index (χ1) is 9.60. The van der Waals surface area contributed by atoms with Crippen molar-refractivity contribution in [3.63, 3.8) is 0 Å². The van der Waals surface area contributed by atoms with Crippen molar-refractivity contribution in [2.75, 3.05) is 19.0 Å². The van der Waals surface area contributed by atoms with Crippen molar-refractivity contribution < 1.29 is 14.8 Å². The second-order valence-electron chi connectivity index (χ2n) is 5.20. The normalized spacial score (nSPS) is 22.3. The molecule has 6 heteroatoms. The van der Waals surface area contributed by atoms with E-state index >= 15 is 0 Å². The van der Waals surface area contributed by atoms with Crippen molar-refractivity contribution in [2.24, 2.45) is 5.92 Å². The maximum atomic E-state index is 11.1. The third-order valence-corrected chi connectivity index (χ3v) is 3.80. The molecule has 20 heavy (non-hydrogen) atoms. The van der Waals surface area contributed by atoms with Crippen LogP contribution < -0.4 is 10.1 Å². The molecule has 1 aromatic carbocycles. The van der Waals surface area contributed by atoms with Crippen LogP contribution >= 0.6 is 0 Å². The lowest BCUT2D eigenvalue weighted by Crippen LogP contribution is -2.23. The predicted molar refractivity (Wildman–Crippen MR) is 76.1 cm³/mol. The fraction of sp³-hybridized carbons (Fsp3) is 0.571. The Kier molecular flexibility index (Phi) is 4.79. The van der Waals surface area contributed by atoms with Crippen LogP contribution in [0, 0.1) is 16.0 Å². The molecule has 110 valence electrons. The third kappa shape index (κ3) is 3.60. The zero-order valence-electron chi connectivity index (χ0n) is 11.5. The number of hydrogen-bond donors (Lipinski definition) is 2. The highest BCUT2D eigenvalue weighted by atomic mass is 16.6. The standard InChI is InChI=1S/C14H20N2O4/c1-20-12-6-7-13(14(8-12)16(18)19)15-9-10-2-4-11(17)5-3-10/h6-8,10-11,15,17H,2-5,9H2,1H3. The van der Waals surface area contributed by atoms with Gasteiger partial charge in [-0.15, -0.1) is 0 Å². The first-order valence-electron chi connectivity index (χ1n) is 6.84. The molecular formula is C14H20N2O4. The first kappa shape index (κ1) is 14.6. The molecule has 0 amide bonds. The SMILES string of the molecule is COc1ccc(NCC2CCC(O)CC2)c([N+](=O)[O-])c1. The van der Waals surface area contributed by atoms with Crippen molar-refractivity contribution in [3.8, 4) is 5.75 Å². The largest absolute Gasteiger partial charge is 0.496 e. The van der Waals surface area contributed by atoms with E-state index in [-0.39, 0.29) is 11.8 Å². The van der Waals surface area contributed by atoms with E-state index in [0.29, 0.717) is 23.9 Å². The molecule has 0 aromatic heterocycles. The molecule has 0 spiro atoms. The van der Waals surface area contributed by atoms with E-state index in [2.05, 4.69) is 5.32 Å². The molecule has 6 nitrogen and oxygen atoms in total. The molecule has 1 aliphatic carbocycles. The van der Waals surface area contributed by atoms with Gasteiger partial charge in [0.2, 0.25) is 0 Å². The van der Waals surface area contributed by atoms with Crippen LogP contribution in [0.4, 0.5) is 11.4 Å². The molecule has 1 aliphatic rings. The molecule has 1 aromatic rings. The molecule has 2 rings (SSSR count). The van der Waals surface area contributed by atoms with Gasteiger partial charge in [-0.2, -0.15) is 0 Å². The fourth-order valence-electron chi connectivity index (χ4n) is 2.54. The van der Waals surface area contributed by atoms with Crippen molar-refractivity contribution in [3.05, 3.63) is 28.3 Å². The van der Waals surface area contributed by atoms with Gasteiger partial charge < -0.3 is 15.2 Å². The minimum atomic E-state index is -0.407. The Balaban J connectivity index is 2.00. The van der Waals surface area contributed by atoms with Crippen LogP contribution in [0.25, 0.3) is 0 Å². The number of nitro benzene ring substituents is 1. The summed E-state index contributed by atoms with van der Waals surface area (Å²) in [4.78, 5) is 10.7. The van der Waals surface area contributed by atoms with Gasteiger partial charge in [-0.05, 0) is 43.7 Å². The minimum absolute atomic E-state index is 0.0280. The van der Waals surface area contributed by atoms with Crippen LogP contribution in [0.1, 0.15) is 25.7 Å². The summed E-state index contributed by atoms with van der Waals surface area (Å²) in [7, 11) is 1.49. The van der Waals surface area contributed by atoms with E-state index in [0.717, 1.165) is 25.7 Å². The number of rotatable bonds is 5. The highest BCUT2D eigenvalue weighted by Crippen LogP contribution is 2.30. The molecular weight excluding hydrogens is 260 g/mol. The van der Waals surface area contributed by atoms with Crippen molar-refractivity contribution >= 4 is 11.4 Å². The van der Waals surface area contributed by atoms with Crippen LogP contribution in [0.5, 0.6) is 5.75 Å². The van der Waals surface area contributed by atoms with Gasteiger partial charge in [0.15, 0.2) is 0 Å². The smallest absolute Gasteiger partial charge is 0.296 e. The quantitative estimate of drug-likeness (QED) is 0.639. The van der Waals surface area contributed by atoms with Crippen molar-refractivity contribution in [1.82, 2.24) is 0 Å². The summed E-state index contributed by atoms with van der Waals surface area (Å²) < 4.78 is 5.01. The third-order valence-electron chi connectivity index (χ3n) is 3.80. The van der Waals surface area contributed by atoms with Gasteiger partial charge in [-0.1, -0.05) is 0 Å². The Bertz CT molecular complexity index is 470. The lowest BCUT2D eigenvalue weighted by atomic mass is 9.87. The number of ether oxygens (including phenoxy) is 1. The van der Waals surface area contributed by atoms with E-state index < -0.39 is 4.92 Å². The number of hydrogen-bond acceptors (Lipinski definition) is 5. The van der Waals surface area contributed by atoms with Crippen LogP contribution in [-0.2, 0) is 0 Å². The summed E-state index contributed by atoms with van der Waals surface area (Å²) in [5.41, 5.74) is 0.544. The van der Waals surface area contributed by atoms with E-state index in [1.165, 1.54) is 13.2 Å². The van der Waals surface area contributed by atoms with E-state index in [1.807, 2.05) is 0 Å². The van der Waals surface area contributed by atoms with Gasteiger partial charge in [0, 0.05) is 6.54 Å². The number of aliphatic hydroxyl groups excluding tert-OH is 1. The van der Waals surface area contributed by atoms with Gasteiger partial charge in [-0.3, -0.25) is 10.1 Å². The number of anilines is 1. The summed E-state index contributed by atoms with van der Waals surface area (Å²) in [6.07, 6.45) is 3.37. The fourth-order valence-corrected chi connectivity index (χ4v) is 2.54. The van der Waals surface area contributed by atoms with Gasteiger partial charge in [0.1, 0.15) is 11.4 Å². The molecule has 0 aliphatic heterocycles. The van der Waals surface area contributed by atoms with Gasteiger partial charge in [0.25, 0.3) is 5.69 Å². The van der Waals surface area contributed by atoms with Crippen LogP contribution in [0.2, 0.25) is 0 Å². The summed E-state index contributed by atoms with van der Waals surface area (Å²) in [6, 6.07) is 4.81. The van der Waals surface area contributed by atoms with Crippen molar-refractivity contribution in [2.45, 2.75) is 31.8 Å². The second-order valence-corrected chi connectivity index (χ2v) is 5.20. The number of nitro groups is 1. The number of aliphatic hydroxyl groups is 1. The molecule has 0 unspecified atom stereocenters. The molecule has 0 bridgehead atoms. The Morgan fingerprint density at radius 1 is 1.40 bits per heavy atom. The first-order valence-corrected chi connectivity index (χ1v) is 6.84. The number of nitrogens with zero attached hydrogens (tertiary/aromatic N) is 1. The van der Waals surface area contributed by atoms with Gasteiger partial charge >= 0.3 is 0 Å². The molecule has 1 saturated carbocycles. The summed E-state index contributed by atoms with van der Waals surface area (Å²) in [6.45, 7) is 0.694. The number of methoxy groups -OCH3 is 1. The second kappa shape index (κ2) is 6.56. The van der Waals surface area contributed by atoms with Crippen LogP contribution in [-0.4, -0.2) is 29.8 Å². The monoisotopic (exact) mass is 280 g/mol. The topological polar surface area (TPSA) is 84.6 Å². The molecule has 2 N–H and O–H groups in total. The van der Waals surface area contributed by atoms with E-state index in [9.17, 15) is 15.2 Å². The Morgan fingerprint density at radius 2 is 2.10 bits per heavy atom. The molecule has 0 radical (unpaired) electrons. The number of nitrogens with one attached hydrogen (secondary N) is 1. The zero-order chi connectivity index (χ0) is 14.5. The summed E-state index contributed by atoms with van der Waals surface area (Å²) in [5.74, 6) is 0.933. The Hall–Kier alpha value is -1.82. The predicted octanol–water partition coefficient (Wildman–Crippen LogP) is 2.57. The average Bonchev–Trinajstić information content (AvgIpc) is 2.46. The summed E-state index contributed by atoms with van der Waals surface area (Å²) >= 11 is 0. The van der Waals surface area contributed by atoms with Gasteiger partial charge in [-0.25, -0.2) is 0 Å². The van der Waals surface area contributed by atoms with Crippen LogP contribution in [0.3, 0.4) is 0 Å². The van der Waals surface area contributed by atoms with Crippen molar-refractivity contribution in [1.29, 1.82) is 0 Å². The maximum absolute atomic E-state index is 11.1. The highest BCUT2D eigenvalue weighted by Gasteiger charge is 2.21. The Morgan fingerprint density at radius 3 is 2.70 bits per heavy atom. The number of benzene rings is 1. The molecule has 0 heterocycles. The lowest BCUT2D eigenvalue weighted by Gasteiger charge is -2.25. The maximum Gasteiger partial charge on any atom is 0.296 e. The highest BCUT2D eigenvalue weighted by molar-refractivity contribution is 5.63. The molecule has 1 fully saturated rings. The van der Waals surface area contributed by atoms with Gasteiger partial charge in [0.05, 0.1) is 24.2 Å². The van der Waals surface area contributed by atoms with E-state index in [4.69, 9.17) is 4.74 Å². The average molecular weight is 280 g/mol. The Labute approximate surface area is 117 Å². The van der Waals surface area contributed by atoms with E-state index in [1.54, 1.807) is 12.1 Å². The minimum Gasteiger partial charge on any atom is -0.496 e. The molecule has 0 saturated heterocycles. The lowest BCUT2D eigenvalue weighted by molar-refractivity contribution is -0.384. The molecule has 0 atom stereocenters. The summed E-state index contributed by atoms with van der Waals surface area (Å²) in [5, 5.41) is 23.7. The zero-order valence-corrected chi connectivity index (χ0v) is 11.5. The van der Waals surface area contributed by atoms with Crippen LogP contribution in [0.15, 0.2) is 18.2 Å².